The summed E-state index contributed by atoms with van der Waals surface area (Å²) in [6.07, 6.45) is 1.51. The van der Waals surface area contributed by atoms with Gasteiger partial charge in [-0.3, -0.25) is 13.9 Å². The molecule has 0 spiro atoms. The van der Waals surface area contributed by atoms with Crippen LogP contribution in [0.25, 0.3) is 0 Å². The summed E-state index contributed by atoms with van der Waals surface area (Å²) >= 11 is 0. The molecule has 4 aromatic rings. The molecule has 0 aliphatic carbocycles. The van der Waals surface area contributed by atoms with Crippen LogP contribution in [-0.2, 0) is 21.4 Å². The molecule has 4 rings (SSSR count). The minimum absolute atomic E-state index is 0.0384. The summed E-state index contributed by atoms with van der Waals surface area (Å²) in [5, 5.41) is 5.43. The Labute approximate surface area is 221 Å². The second-order valence-corrected chi connectivity index (χ2v) is 10.2. The van der Waals surface area contributed by atoms with Crippen molar-refractivity contribution in [1.29, 1.82) is 0 Å². The van der Waals surface area contributed by atoms with Crippen LogP contribution in [0, 0.1) is 6.92 Å². The minimum atomic E-state index is -4.12. The Hall–Kier alpha value is -4.57. The maximum atomic E-state index is 13.6. The summed E-state index contributed by atoms with van der Waals surface area (Å²) in [6, 6.07) is 22.7. The van der Waals surface area contributed by atoms with Gasteiger partial charge in [-0.05, 0) is 55.5 Å². The standard InChI is InChI=1S/C28H27N3O6S/c1-20-12-14-24(15-13-20)38(34,35)31(21-7-5-8-22(17-21)36-2)19-27(32)30-26-11-4-3-10-25(26)28(33)29-18-23-9-6-16-37-23/h3-17H,18-19H2,1-2H3,(H,29,33)(H,30,32). The zero-order valence-electron chi connectivity index (χ0n) is 20.9. The number of sulfonamides is 1. The third-order valence-electron chi connectivity index (χ3n) is 5.69. The van der Waals surface area contributed by atoms with E-state index in [2.05, 4.69) is 10.6 Å². The molecule has 0 bridgehead atoms. The van der Waals surface area contributed by atoms with Crippen molar-refractivity contribution in [3.05, 3.63) is 108 Å². The molecule has 1 aromatic heterocycles. The molecule has 196 valence electrons. The van der Waals surface area contributed by atoms with Crippen molar-refractivity contribution in [2.45, 2.75) is 18.4 Å². The van der Waals surface area contributed by atoms with E-state index in [1.807, 2.05) is 6.92 Å². The lowest BCUT2D eigenvalue weighted by Gasteiger charge is -2.24. The van der Waals surface area contributed by atoms with Gasteiger partial charge in [0.1, 0.15) is 18.1 Å². The summed E-state index contributed by atoms with van der Waals surface area (Å²) in [7, 11) is -2.65. The molecule has 0 aliphatic heterocycles. The lowest BCUT2D eigenvalue weighted by atomic mass is 10.1. The molecule has 0 unspecified atom stereocenters. The van der Waals surface area contributed by atoms with Crippen LogP contribution in [0.2, 0.25) is 0 Å². The predicted octanol–water partition coefficient (Wildman–Crippen LogP) is 4.36. The number of methoxy groups -OCH3 is 1. The number of hydrogen-bond acceptors (Lipinski definition) is 6. The van der Waals surface area contributed by atoms with E-state index in [0.717, 1.165) is 9.87 Å². The van der Waals surface area contributed by atoms with Gasteiger partial charge in [-0.25, -0.2) is 8.42 Å². The number of furan rings is 1. The molecule has 3 aromatic carbocycles. The van der Waals surface area contributed by atoms with Gasteiger partial charge in [-0.15, -0.1) is 0 Å². The Morgan fingerprint density at radius 2 is 1.71 bits per heavy atom. The van der Waals surface area contributed by atoms with Crippen LogP contribution in [0.4, 0.5) is 11.4 Å². The highest BCUT2D eigenvalue weighted by molar-refractivity contribution is 7.92. The second kappa shape index (κ2) is 11.7. The van der Waals surface area contributed by atoms with Crippen molar-refractivity contribution >= 4 is 33.2 Å². The van der Waals surface area contributed by atoms with Crippen LogP contribution in [-0.4, -0.2) is 33.9 Å². The van der Waals surface area contributed by atoms with E-state index in [1.54, 1.807) is 66.7 Å². The van der Waals surface area contributed by atoms with E-state index in [1.165, 1.54) is 31.6 Å². The molecule has 0 aliphatic rings. The molecule has 0 radical (unpaired) electrons. The van der Waals surface area contributed by atoms with Gasteiger partial charge < -0.3 is 19.8 Å². The van der Waals surface area contributed by atoms with Crippen molar-refractivity contribution in [2.24, 2.45) is 0 Å². The number of amides is 2. The molecule has 2 amide bonds. The largest absolute Gasteiger partial charge is 0.497 e. The Morgan fingerprint density at radius 3 is 2.42 bits per heavy atom. The highest BCUT2D eigenvalue weighted by Crippen LogP contribution is 2.27. The number of benzene rings is 3. The molecular weight excluding hydrogens is 506 g/mol. The van der Waals surface area contributed by atoms with Crippen molar-refractivity contribution in [3.63, 3.8) is 0 Å². The van der Waals surface area contributed by atoms with Gasteiger partial charge in [0, 0.05) is 6.07 Å². The molecular formula is C28H27N3O6S. The van der Waals surface area contributed by atoms with Gasteiger partial charge in [0.15, 0.2) is 0 Å². The number of rotatable bonds is 10. The van der Waals surface area contributed by atoms with Gasteiger partial charge in [-0.1, -0.05) is 35.9 Å². The van der Waals surface area contributed by atoms with Gasteiger partial charge in [0.05, 0.1) is 41.8 Å². The van der Waals surface area contributed by atoms with Crippen molar-refractivity contribution in [2.75, 3.05) is 23.3 Å². The quantitative estimate of drug-likeness (QED) is 0.313. The maximum Gasteiger partial charge on any atom is 0.264 e. The number of ether oxygens (including phenoxy) is 1. The molecule has 0 fully saturated rings. The number of nitrogens with zero attached hydrogens (tertiary/aromatic N) is 1. The first kappa shape index (κ1) is 26.5. The molecule has 10 heteroatoms. The normalized spacial score (nSPS) is 11.0. The van der Waals surface area contributed by atoms with Crippen LogP contribution in [0.15, 0.2) is 101 Å². The molecule has 0 saturated heterocycles. The second-order valence-electron chi connectivity index (χ2n) is 8.38. The van der Waals surface area contributed by atoms with Crippen molar-refractivity contribution in [1.82, 2.24) is 5.32 Å². The van der Waals surface area contributed by atoms with Gasteiger partial charge >= 0.3 is 0 Å². The maximum absolute atomic E-state index is 13.6. The number of para-hydroxylation sites is 1. The smallest absolute Gasteiger partial charge is 0.264 e. The number of nitrogens with one attached hydrogen (secondary N) is 2. The van der Waals surface area contributed by atoms with Gasteiger partial charge in [-0.2, -0.15) is 0 Å². The molecule has 2 N–H and O–H groups in total. The molecule has 1 heterocycles. The SMILES string of the molecule is COc1cccc(N(CC(=O)Nc2ccccc2C(=O)NCc2ccco2)S(=O)(=O)c2ccc(C)cc2)c1. The average Bonchev–Trinajstić information content (AvgIpc) is 3.45. The highest BCUT2D eigenvalue weighted by Gasteiger charge is 2.28. The minimum Gasteiger partial charge on any atom is -0.497 e. The van der Waals surface area contributed by atoms with Gasteiger partial charge in [0.25, 0.3) is 15.9 Å². The van der Waals surface area contributed by atoms with E-state index in [4.69, 9.17) is 9.15 Å². The first-order valence-electron chi connectivity index (χ1n) is 11.7. The topological polar surface area (TPSA) is 118 Å². The first-order chi connectivity index (χ1) is 18.3. The van der Waals surface area contributed by atoms with E-state index in [9.17, 15) is 18.0 Å². The fourth-order valence-electron chi connectivity index (χ4n) is 3.70. The number of carbonyl (C=O) groups is 2. The van der Waals surface area contributed by atoms with E-state index in [-0.39, 0.29) is 28.4 Å². The molecule has 0 saturated carbocycles. The Kier molecular flexibility index (Phi) is 8.12. The van der Waals surface area contributed by atoms with Crippen LogP contribution in [0.3, 0.4) is 0 Å². The Bertz CT molecular complexity index is 1520. The number of hydrogen-bond donors (Lipinski definition) is 2. The fourth-order valence-corrected chi connectivity index (χ4v) is 5.12. The monoisotopic (exact) mass is 533 g/mol. The number of anilines is 2. The van der Waals surface area contributed by atoms with Crippen LogP contribution in [0.1, 0.15) is 21.7 Å². The zero-order chi connectivity index (χ0) is 27.1. The summed E-state index contributed by atoms with van der Waals surface area (Å²) in [4.78, 5) is 26.0. The Balaban J connectivity index is 1.59. The van der Waals surface area contributed by atoms with Crippen molar-refractivity contribution < 1.29 is 27.2 Å². The van der Waals surface area contributed by atoms with E-state index in [0.29, 0.717) is 11.5 Å². The first-order valence-corrected chi connectivity index (χ1v) is 13.1. The van der Waals surface area contributed by atoms with Gasteiger partial charge in [0.2, 0.25) is 5.91 Å². The third kappa shape index (κ3) is 6.22. The lowest BCUT2D eigenvalue weighted by Crippen LogP contribution is -2.38. The molecule has 38 heavy (non-hydrogen) atoms. The Morgan fingerprint density at radius 1 is 0.947 bits per heavy atom. The number of carbonyl (C=O) groups excluding carboxylic acids is 2. The van der Waals surface area contributed by atoms with Crippen molar-refractivity contribution in [3.8, 4) is 5.75 Å². The highest BCUT2D eigenvalue weighted by atomic mass is 32.2. The predicted molar refractivity (Wildman–Crippen MR) is 144 cm³/mol. The van der Waals surface area contributed by atoms with Crippen LogP contribution in [0.5, 0.6) is 5.75 Å². The lowest BCUT2D eigenvalue weighted by molar-refractivity contribution is -0.114. The molecule has 9 nitrogen and oxygen atoms in total. The fraction of sp³-hybridized carbons (Fsp3) is 0.143. The zero-order valence-corrected chi connectivity index (χ0v) is 21.7. The van der Waals surface area contributed by atoms with E-state index < -0.39 is 28.4 Å². The van der Waals surface area contributed by atoms with Crippen LogP contribution < -0.4 is 19.7 Å². The summed E-state index contributed by atoms with van der Waals surface area (Å²) < 4.78 is 38.8. The third-order valence-corrected chi connectivity index (χ3v) is 7.47. The number of aryl methyl sites for hydroxylation is 1. The summed E-state index contributed by atoms with van der Waals surface area (Å²) in [5.41, 5.74) is 1.62. The van der Waals surface area contributed by atoms with E-state index >= 15 is 0 Å². The van der Waals surface area contributed by atoms with Crippen LogP contribution >= 0.6 is 0 Å². The summed E-state index contributed by atoms with van der Waals surface area (Å²) in [5.74, 6) is -0.0373. The average molecular weight is 534 g/mol. The summed E-state index contributed by atoms with van der Waals surface area (Å²) in [6.45, 7) is 1.49. The molecule has 0 atom stereocenters.